The molecule has 9 nitrogen and oxygen atoms in total. The summed E-state index contributed by atoms with van der Waals surface area (Å²) in [6.45, 7) is 8.54. The van der Waals surface area contributed by atoms with Gasteiger partial charge in [-0.1, -0.05) is 0 Å². The lowest BCUT2D eigenvalue weighted by molar-refractivity contribution is 0.0945. The van der Waals surface area contributed by atoms with Gasteiger partial charge in [0, 0.05) is 29.6 Å². The summed E-state index contributed by atoms with van der Waals surface area (Å²) in [6.07, 6.45) is 3.88. The highest BCUT2D eigenvalue weighted by molar-refractivity contribution is 5.93. The number of H-pyrrole nitrogens is 1. The number of nitrogens with one attached hydrogen (secondary N) is 2. The summed E-state index contributed by atoms with van der Waals surface area (Å²) in [5.74, 6) is 1.01. The van der Waals surface area contributed by atoms with Crippen LogP contribution in [0.25, 0.3) is 11.4 Å². The first-order valence-electron chi connectivity index (χ1n) is 11.1. The molecule has 0 aromatic carbocycles. The molecule has 0 bridgehead atoms. The molecule has 0 radical (unpaired) electrons. The minimum Gasteiger partial charge on any atom is -0.492 e. The summed E-state index contributed by atoms with van der Waals surface area (Å²) >= 11 is 0. The maximum Gasteiger partial charge on any atom is 0.270 e. The third-order valence-corrected chi connectivity index (χ3v) is 5.12. The van der Waals surface area contributed by atoms with Gasteiger partial charge >= 0.3 is 0 Å². The van der Waals surface area contributed by atoms with Crippen molar-refractivity contribution in [1.82, 2.24) is 35.5 Å². The van der Waals surface area contributed by atoms with Crippen molar-refractivity contribution >= 4 is 5.91 Å². The van der Waals surface area contributed by atoms with Gasteiger partial charge in [0.25, 0.3) is 5.91 Å². The second-order valence-electron chi connectivity index (χ2n) is 8.03. The van der Waals surface area contributed by atoms with E-state index in [1.807, 2.05) is 58.0 Å². The van der Waals surface area contributed by atoms with Crippen LogP contribution in [0.2, 0.25) is 0 Å². The van der Waals surface area contributed by atoms with Gasteiger partial charge in [0.2, 0.25) is 0 Å². The molecule has 0 saturated carbocycles. The lowest BCUT2D eigenvalue weighted by Crippen LogP contribution is -2.25. The Labute approximate surface area is 198 Å². The van der Waals surface area contributed by atoms with Crippen molar-refractivity contribution in [2.75, 3.05) is 6.61 Å². The number of amides is 1. The van der Waals surface area contributed by atoms with Crippen molar-refractivity contribution in [2.24, 2.45) is 0 Å². The monoisotopic (exact) mass is 457 g/mol. The van der Waals surface area contributed by atoms with Crippen LogP contribution >= 0.6 is 0 Å². The third kappa shape index (κ3) is 5.61. The minimum absolute atomic E-state index is 0.264. The SMILES string of the molecule is CCOc1ccc(CNC(=O)c2ncc(-c3nc(C)cc(Cc4cc(C)[nH]n4)n3)cc2C)nc1. The van der Waals surface area contributed by atoms with Crippen molar-refractivity contribution in [2.45, 2.75) is 40.7 Å². The largest absolute Gasteiger partial charge is 0.492 e. The van der Waals surface area contributed by atoms with Crippen molar-refractivity contribution in [3.63, 3.8) is 0 Å². The number of carbonyl (C=O) groups is 1. The number of carbonyl (C=O) groups excluding carboxylic acids is 1. The fraction of sp³-hybridized carbons (Fsp3) is 0.280. The fourth-order valence-electron chi connectivity index (χ4n) is 3.56. The van der Waals surface area contributed by atoms with Crippen molar-refractivity contribution in [1.29, 1.82) is 0 Å². The topological polar surface area (TPSA) is 119 Å². The highest BCUT2D eigenvalue weighted by atomic mass is 16.5. The van der Waals surface area contributed by atoms with Gasteiger partial charge in [-0.2, -0.15) is 5.10 Å². The lowest BCUT2D eigenvalue weighted by Gasteiger charge is -2.10. The predicted octanol–water partition coefficient (Wildman–Crippen LogP) is 3.50. The molecule has 2 N–H and O–H groups in total. The molecule has 0 saturated heterocycles. The van der Waals surface area contributed by atoms with E-state index in [9.17, 15) is 4.79 Å². The molecule has 0 atom stereocenters. The fourth-order valence-corrected chi connectivity index (χ4v) is 3.56. The number of nitrogens with zero attached hydrogens (tertiary/aromatic N) is 5. The molecule has 0 aliphatic carbocycles. The first-order valence-corrected chi connectivity index (χ1v) is 11.1. The van der Waals surface area contributed by atoms with Gasteiger partial charge in [-0.25, -0.2) is 9.97 Å². The van der Waals surface area contributed by atoms with Gasteiger partial charge in [0.05, 0.1) is 36.4 Å². The Balaban J connectivity index is 1.46. The average molecular weight is 458 g/mol. The van der Waals surface area contributed by atoms with Crippen LogP contribution in [0.3, 0.4) is 0 Å². The number of aryl methyl sites for hydroxylation is 3. The van der Waals surface area contributed by atoms with Crippen molar-refractivity contribution < 1.29 is 9.53 Å². The highest BCUT2D eigenvalue weighted by Crippen LogP contribution is 2.19. The van der Waals surface area contributed by atoms with E-state index in [4.69, 9.17) is 9.72 Å². The average Bonchev–Trinajstić information content (AvgIpc) is 3.22. The van der Waals surface area contributed by atoms with E-state index >= 15 is 0 Å². The molecule has 0 spiro atoms. The molecule has 1 amide bonds. The summed E-state index contributed by atoms with van der Waals surface area (Å²) in [4.78, 5) is 30.7. The maximum absolute atomic E-state index is 12.7. The second-order valence-corrected chi connectivity index (χ2v) is 8.03. The molecule has 4 rings (SSSR count). The molecular weight excluding hydrogens is 430 g/mol. The smallest absolute Gasteiger partial charge is 0.270 e. The zero-order valence-corrected chi connectivity index (χ0v) is 19.7. The van der Waals surface area contributed by atoms with Crippen LogP contribution in [-0.2, 0) is 13.0 Å². The Bertz CT molecular complexity index is 1300. The van der Waals surface area contributed by atoms with E-state index in [1.165, 1.54) is 0 Å². The van der Waals surface area contributed by atoms with E-state index in [0.717, 1.165) is 39.6 Å². The van der Waals surface area contributed by atoms with Crippen LogP contribution < -0.4 is 10.1 Å². The van der Waals surface area contributed by atoms with Crippen LogP contribution in [0.1, 0.15) is 51.4 Å². The normalized spacial score (nSPS) is 10.8. The third-order valence-electron chi connectivity index (χ3n) is 5.12. The molecule has 0 fully saturated rings. The first-order chi connectivity index (χ1) is 16.4. The van der Waals surface area contributed by atoms with E-state index in [0.29, 0.717) is 36.8 Å². The Kier molecular flexibility index (Phi) is 6.91. The van der Waals surface area contributed by atoms with Gasteiger partial charge in [0.15, 0.2) is 5.82 Å². The van der Waals surface area contributed by atoms with Gasteiger partial charge < -0.3 is 10.1 Å². The van der Waals surface area contributed by atoms with Crippen molar-refractivity contribution in [3.8, 4) is 17.1 Å². The van der Waals surface area contributed by atoms with E-state index in [2.05, 4.69) is 30.5 Å². The molecule has 4 heterocycles. The molecule has 4 aromatic heterocycles. The Morgan fingerprint density at radius 1 is 1.00 bits per heavy atom. The molecule has 34 heavy (non-hydrogen) atoms. The quantitative estimate of drug-likeness (QED) is 0.416. The number of aromatic nitrogens is 6. The van der Waals surface area contributed by atoms with Gasteiger partial charge in [-0.15, -0.1) is 0 Å². The summed E-state index contributed by atoms with van der Waals surface area (Å²) in [6, 6.07) is 9.49. The molecule has 174 valence electrons. The molecule has 0 aliphatic heterocycles. The maximum atomic E-state index is 12.7. The van der Waals surface area contributed by atoms with Crippen LogP contribution in [0.5, 0.6) is 5.75 Å². The van der Waals surface area contributed by atoms with Crippen LogP contribution in [-0.4, -0.2) is 42.6 Å². The predicted molar refractivity (Wildman–Crippen MR) is 127 cm³/mol. The zero-order valence-electron chi connectivity index (χ0n) is 19.7. The Morgan fingerprint density at radius 3 is 2.53 bits per heavy atom. The Morgan fingerprint density at radius 2 is 1.85 bits per heavy atom. The van der Waals surface area contributed by atoms with Crippen LogP contribution in [0.15, 0.2) is 42.7 Å². The summed E-state index contributed by atoms with van der Waals surface area (Å²) in [5, 5.41) is 10.1. The molecule has 9 heteroatoms. The minimum atomic E-state index is -0.264. The van der Waals surface area contributed by atoms with E-state index in [-0.39, 0.29) is 5.91 Å². The van der Waals surface area contributed by atoms with Crippen molar-refractivity contribution in [3.05, 3.63) is 82.5 Å². The highest BCUT2D eigenvalue weighted by Gasteiger charge is 2.14. The second kappa shape index (κ2) is 10.2. The number of pyridine rings is 2. The molecule has 0 unspecified atom stereocenters. The summed E-state index contributed by atoms with van der Waals surface area (Å²) < 4.78 is 5.39. The van der Waals surface area contributed by atoms with E-state index in [1.54, 1.807) is 12.4 Å². The Hall–Kier alpha value is -4.14. The summed E-state index contributed by atoms with van der Waals surface area (Å²) in [7, 11) is 0. The number of rotatable bonds is 8. The molecule has 4 aromatic rings. The first kappa shape index (κ1) is 23.0. The number of aromatic amines is 1. The molecule has 0 aliphatic rings. The van der Waals surface area contributed by atoms with Crippen LogP contribution in [0, 0.1) is 20.8 Å². The molecular formula is C25H27N7O2. The van der Waals surface area contributed by atoms with Gasteiger partial charge in [-0.05, 0) is 63.6 Å². The number of ether oxygens (including phenoxy) is 1. The standard InChI is InChI=1S/C25H27N7O2/c1-5-34-22-7-6-19(26-14-22)13-28-25(33)23-15(2)8-18(12-27-23)24-29-16(3)9-20(30-24)11-21-10-17(4)31-32-21/h6-10,12,14H,5,11,13H2,1-4H3,(H,28,33)(H,31,32). The van der Waals surface area contributed by atoms with Crippen LogP contribution in [0.4, 0.5) is 0 Å². The van der Waals surface area contributed by atoms with Gasteiger partial charge in [-0.3, -0.25) is 19.9 Å². The zero-order chi connectivity index (χ0) is 24.1. The van der Waals surface area contributed by atoms with E-state index < -0.39 is 0 Å². The number of hydrogen-bond donors (Lipinski definition) is 2. The van der Waals surface area contributed by atoms with Gasteiger partial charge in [0.1, 0.15) is 11.4 Å². The lowest BCUT2D eigenvalue weighted by atomic mass is 10.1. The summed E-state index contributed by atoms with van der Waals surface area (Å²) in [5.41, 5.74) is 6.24. The number of hydrogen-bond acceptors (Lipinski definition) is 7.